The van der Waals surface area contributed by atoms with E-state index >= 15 is 0 Å². The maximum atomic E-state index is 5.45. The molecular formula is C19H20N6O2S2. The molecule has 150 valence electrons. The van der Waals surface area contributed by atoms with Gasteiger partial charge in [-0.2, -0.15) is 9.97 Å². The number of aromatic nitrogens is 4. The third-order valence-electron chi connectivity index (χ3n) is 4.82. The average molecular weight is 429 g/mol. The van der Waals surface area contributed by atoms with Crippen LogP contribution in [0.5, 0.6) is 0 Å². The molecule has 0 bridgehead atoms. The summed E-state index contributed by atoms with van der Waals surface area (Å²) in [6.07, 6.45) is 1.07. The van der Waals surface area contributed by atoms with E-state index in [1.165, 1.54) is 0 Å². The van der Waals surface area contributed by atoms with Gasteiger partial charge in [0.25, 0.3) is 0 Å². The smallest absolute Gasteiger partial charge is 0.241 e. The molecular weight excluding hydrogens is 408 g/mol. The average Bonchev–Trinajstić information content (AvgIpc) is 3.51. The summed E-state index contributed by atoms with van der Waals surface area (Å²) in [4.78, 5) is 15.9. The van der Waals surface area contributed by atoms with Gasteiger partial charge in [0.05, 0.1) is 22.8 Å². The Morgan fingerprint density at radius 3 is 1.72 bits per heavy atom. The van der Waals surface area contributed by atoms with Gasteiger partial charge in [0.2, 0.25) is 23.4 Å². The van der Waals surface area contributed by atoms with E-state index in [1.54, 1.807) is 22.7 Å². The van der Waals surface area contributed by atoms with E-state index < -0.39 is 0 Å². The predicted octanol–water partition coefficient (Wildman–Crippen LogP) is 3.62. The summed E-state index contributed by atoms with van der Waals surface area (Å²) in [5.41, 5.74) is 0. The summed E-state index contributed by atoms with van der Waals surface area (Å²) in [7, 11) is 0. The van der Waals surface area contributed by atoms with Crippen molar-refractivity contribution in [2.24, 2.45) is 0 Å². The highest BCUT2D eigenvalue weighted by Gasteiger charge is 2.20. The van der Waals surface area contributed by atoms with Gasteiger partial charge in [-0.3, -0.25) is 9.80 Å². The number of rotatable bonds is 6. The third-order valence-corrected chi connectivity index (χ3v) is 6.55. The van der Waals surface area contributed by atoms with Crippen molar-refractivity contribution < 1.29 is 9.05 Å². The molecule has 1 aliphatic heterocycles. The fraction of sp³-hybridized carbons (Fsp3) is 0.368. The van der Waals surface area contributed by atoms with E-state index in [2.05, 4.69) is 30.1 Å². The fourth-order valence-electron chi connectivity index (χ4n) is 3.37. The lowest BCUT2D eigenvalue weighted by atomic mass is 10.3. The van der Waals surface area contributed by atoms with Gasteiger partial charge >= 0.3 is 0 Å². The third kappa shape index (κ3) is 4.45. The minimum absolute atomic E-state index is 0.666. The molecule has 10 heteroatoms. The molecule has 5 rings (SSSR count). The van der Waals surface area contributed by atoms with Crippen LogP contribution < -0.4 is 0 Å². The zero-order chi connectivity index (χ0) is 19.5. The highest BCUT2D eigenvalue weighted by atomic mass is 32.1. The van der Waals surface area contributed by atoms with Crippen LogP contribution in [-0.2, 0) is 13.1 Å². The Kier molecular flexibility index (Phi) is 5.48. The first-order valence-corrected chi connectivity index (χ1v) is 11.3. The number of hydrogen-bond donors (Lipinski definition) is 0. The first-order valence-electron chi connectivity index (χ1n) is 9.51. The second-order valence-corrected chi connectivity index (χ2v) is 8.78. The Morgan fingerprint density at radius 1 is 0.759 bits per heavy atom. The quantitative estimate of drug-likeness (QED) is 0.460. The van der Waals surface area contributed by atoms with Crippen LogP contribution in [0.1, 0.15) is 18.2 Å². The maximum absolute atomic E-state index is 5.45. The van der Waals surface area contributed by atoms with Crippen LogP contribution in [0.2, 0.25) is 0 Å². The molecule has 4 aromatic rings. The van der Waals surface area contributed by atoms with E-state index in [4.69, 9.17) is 9.05 Å². The molecule has 8 nitrogen and oxygen atoms in total. The molecule has 0 radical (unpaired) electrons. The van der Waals surface area contributed by atoms with Crippen LogP contribution >= 0.6 is 22.7 Å². The minimum atomic E-state index is 0.666. The SMILES string of the molecule is c1csc(-c2noc(CN3CCCN(Cc4nc(-c5cccs5)no4)CC3)n2)c1. The minimum Gasteiger partial charge on any atom is -0.338 e. The van der Waals surface area contributed by atoms with Crippen LogP contribution in [0.3, 0.4) is 0 Å². The van der Waals surface area contributed by atoms with Crippen LogP contribution in [0.25, 0.3) is 21.4 Å². The lowest BCUT2D eigenvalue weighted by molar-refractivity contribution is 0.210. The zero-order valence-electron chi connectivity index (χ0n) is 15.7. The Hall–Kier alpha value is -2.40. The summed E-state index contributed by atoms with van der Waals surface area (Å²) >= 11 is 3.23. The van der Waals surface area contributed by atoms with Crippen molar-refractivity contribution in [2.45, 2.75) is 19.5 Å². The topological polar surface area (TPSA) is 84.3 Å². The molecule has 0 spiro atoms. The molecule has 5 heterocycles. The van der Waals surface area contributed by atoms with Gasteiger partial charge in [-0.05, 0) is 42.4 Å². The van der Waals surface area contributed by atoms with Crippen molar-refractivity contribution in [3.8, 4) is 21.4 Å². The molecule has 29 heavy (non-hydrogen) atoms. The monoisotopic (exact) mass is 428 g/mol. The molecule has 1 aliphatic rings. The number of thiophene rings is 2. The predicted molar refractivity (Wildman–Crippen MR) is 110 cm³/mol. The molecule has 1 saturated heterocycles. The summed E-state index contributed by atoms with van der Waals surface area (Å²) < 4.78 is 10.9. The summed E-state index contributed by atoms with van der Waals surface area (Å²) in [5, 5.41) is 12.2. The highest BCUT2D eigenvalue weighted by Crippen LogP contribution is 2.23. The maximum Gasteiger partial charge on any atom is 0.241 e. The van der Waals surface area contributed by atoms with Crippen molar-refractivity contribution >= 4 is 22.7 Å². The second-order valence-electron chi connectivity index (χ2n) is 6.88. The van der Waals surface area contributed by atoms with Crippen molar-refractivity contribution in [1.29, 1.82) is 0 Å². The Bertz CT molecular complexity index is 945. The van der Waals surface area contributed by atoms with Gasteiger partial charge in [0.15, 0.2) is 0 Å². The standard InChI is InChI=1S/C19H20N6O2S2/c1-4-14(28-10-1)18-20-16(26-22-18)12-24-6-3-7-25(9-8-24)13-17-21-19(23-27-17)15-5-2-11-29-15/h1-2,4-5,10-11H,3,6-9,12-13H2. The van der Waals surface area contributed by atoms with Crippen molar-refractivity contribution in [3.63, 3.8) is 0 Å². The van der Waals surface area contributed by atoms with Crippen LogP contribution in [-0.4, -0.2) is 56.3 Å². The molecule has 0 amide bonds. The van der Waals surface area contributed by atoms with Gasteiger partial charge in [0.1, 0.15) is 0 Å². The lowest BCUT2D eigenvalue weighted by Crippen LogP contribution is -2.30. The van der Waals surface area contributed by atoms with Crippen molar-refractivity contribution in [3.05, 3.63) is 46.8 Å². The normalized spacial score (nSPS) is 16.3. The zero-order valence-corrected chi connectivity index (χ0v) is 17.4. The van der Waals surface area contributed by atoms with Crippen LogP contribution in [0.4, 0.5) is 0 Å². The number of nitrogens with zero attached hydrogens (tertiary/aromatic N) is 6. The van der Waals surface area contributed by atoms with Gasteiger partial charge in [0, 0.05) is 13.1 Å². The molecule has 0 aromatic carbocycles. The van der Waals surface area contributed by atoms with E-state index in [0.29, 0.717) is 36.5 Å². The first-order chi connectivity index (χ1) is 14.3. The van der Waals surface area contributed by atoms with E-state index in [1.807, 2.05) is 35.0 Å². The van der Waals surface area contributed by atoms with E-state index in [0.717, 1.165) is 42.4 Å². The molecule has 0 saturated carbocycles. The van der Waals surface area contributed by atoms with Gasteiger partial charge in [-0.15, -0.1) is 22.7 Å². The van der Waals surface area contributed by atoms with Crippen molar-refractivity contribution in [1.82, 2.24) is 30.1 Å². The molecule has 1 fully saturated rings. The van der Waals surface area contributed by atoms with Gasteiger partial charge in [-0.25, -0.2) is 0 Å². The summed E-state index contributed by atoms with van der Waals surface area (Å²) in [6.45, 7) is 5.21. The summed E-state index contributed by atoms with van der Waals surface area (Å²) in [5.74, 6) is 2.67. The molecule has 0 N–H and O–H groups in total. The fourth-order valence-corrected chi connectivity index (χ4v) is 4.67. The van der Waals surface area contributed by atoms with E-state index in [-0.39, 0.29) is 0 Å². The number of hydrogen-bond acceptors (Lipinski definition) is 10. The Labute approximate surface area is 175 Å². The van der Waals surface area contributed by atoms with Crippen LogP contribution in [0.15, 0.2) is 44.1 Å². The largest absolute Gasteiger partial charge is 0.338 e. The highest BCUT2D eigenvalue weighted by molar-refractivity contribution is 7.13. The summed E-state index contributed by atoms with van der Waals surface area (Å²) in [6, 6.07) is 7.99. The Morgan fingerprint density at radius 2 is 1.28 bits per heavy atom. The van der Waals surface area contributed by atoms with Crippen LogP contribution in [0, 0.1) is 0 Å². The second kappa shape index (κ2) is 8.54. The van der Waals surface area contributed by atoms with Crippen molar-refractivity contribution in [2.75, 3.05) is 26.2 Å². The molecule has 0 atom stereocenters. The lowest BCUT2D eigenvalue weighted by Gasteiger charge is -2.19. The van der Waals surface area contributed by atoms with Gasteiger partial charge < -0.3 is 9.05 Å². The molecule has 4 aromatic heterocycles. The molecule has 0 unspecified atom stereocenters. The van der Waals surface area contributed by atoms with E-state index in [9.17, 15) is 0 Å². The first kappa shape index (κ1) is 18.6. The molecule has 0 aliphatic carbocycles. The van der Waals surface area contributed by atoms with Gasteiger partial charge in [-0.1, -0.05) is 22.4 Å². The Balaban J connectivity index is 1.16.